The molecule has 0 N–H and O–H groups in total. The first kappa shape index (κ1) is 10.8. The van der Waals surface area contributed by atoms with E-state index >= 15 is 0 Å². The van der Waals surface area contributed by atoms with Crippen molar-refractivity contribution >= 4 is 17.4 Å². The van der Waals surface area contributed by atoms with E-state index in [1.165, 1.54) is 0 Å². The van der Waals surface area contributed by atoms with Gasteiger partial charge in [-0.25, -0.2) is 0 Å². The zero-order chi connectivity index (χ0) is 10.3. The van der Waals surface area contributed by atoms with Crippen molar-refractivity contribution in [1.82, 2.24) is 0 Å². The second-order valence-electron chi connectivity index (χ2n) is 3.03. The molecule has 1 unspecified atom stereocenters. The van der Waals surface area contributed by atoms with Crippen LogP contribution in [0.1, 0.15) is 19.3 Å². The maximum Gasteiger partial charge on any atom is 0.384 e. The second kappa shape index (κ2) is 3.12. The molecule has 1 fully saturated rings. The van der Waals surface area contributed by atoms with Gasteiger partial charge in [-0.15, -0.1) is 0 Å². The molecule has 0 bridgehead atoms. The number of halogens is 5. The molecule has 1 rings (SSSR count). The Morgan fingerprint density at radius 3 is 2.15 bits per heavy atom. The largest absolute Gasteiger partial charge is 0.384 e. The van der Waals surface area contributed by atoms with E-state index in [1.807, 2.05) is 0 Å². The van der Waals surface area contributed by atoms with E-state index in [4.69, 9.17) is 0 Å². The third kappa shape index (κ3) is 1.80. The standard InChI is InChI=1S/C7H7ClF4O/c8-7(11,12)6(9,10)4-2-1-3-5(4)13/h4H,1-3H2. The van der Waals surface area contributed by atoms with E-state index < -0.39 is 23.0 Å². The summed E-state index contributed by atoms with van der Waals surface area (Å²) in [7, 11) is 0. The van der Waals surface area contributed by atoms with Crippen molar-refractivity contribution in [1.29, 1.82) is 0 Å². The zero-order valence-corrected chi connectivity index (χ0v) is 7.25. The fourth-order valence-electron chi connectivity index (χ4n) is 1.40. The molecule has 1 saturated carbocycles. The first-order valence-corrected chi connectivity index (χ1v) is 4.12. The van der Waals surface area contributed by atoms with Gasteiger partial charge in [0.05, 0.1) is 5.92 Å². The summed E-state index contributed by atoms with van der Waals surface area (Å²) >= 11 is 4.23. The topological polar surface area (TPSA) is 17.1 Å². The summed E-state index contributed by atoms with van der Waals surface area (Å²) in [4.78, 5) is 10.8. The van der Waals surface area contributed by atoms with Crippen LogP contribution in [0.2, 0.25) is 0 Å². The van der Waals surface area contributed by atoms with Crippen molar-refractivity contribution in [2.24, 2.45) is 5.92 Å². The molecule has 0 aromatic carbocycles. The molecule has 0 aromatic heterocycles. The molecule has 0 aromatic rings. The molecule has 6 heteroatoms. The van der Waals surface area contributed by atoms with Crippen molar-refractivity contribution in [3.05, 3.63) is 0 Å². The van der Waals surface area contributed by atoms with Crippen LogP contribution in [0.25, 0.3) is 0 Å². The van der Waals surface area contributed by atoms with Gasteiger partial charge in [0.2, 0.25) is 0 Å². The molecule has 0 spiro atoms. The predicted molar refractivity (Wildman–Crippen MR) is 38.1 cm³/mol. The van der Waals surface area contributed by atoms with Crippen LogP contribution in [0.4, 0.5) is 17.6 Å². The van der Waals surface area contributed by atoms with Crippen LogP contribution >= 0.6 is 11.6 Å². The number of Topliss-reactive ketones (excluding diaryl/α,β-unsaturated/α-hetero) is 1. The molecule has 0 amide bonds. The lowest BCUT2D eigenvalue weighted by Crippen LogP contribution is -2.44. The van der Waals surface area contributed by atoms with E-state index in [-0.39, 0.29) is 19.3 Å². The molecular formula is C7H7ClF4O. The minimum Gasteiger partial charge on any atom is -0.299 e. The van der Waals surface area contributed by atoms with Crippen LogP contribution in [-0.2, 0) is 4.79 Å². The maximum atomic E-state index is 12.8. The minimum atomic E-state index is -4.64. The summed E-state index contributed by atoms with van der Waals surface area (Å²) in [5, 5.41) is -4.64. The average Bonchev–Trinajstić information content (AvgIpc) is 2.32. The summed E-state index contributed by atoms with van der Waals surface area (Å²) in [5.41, 5.74) is 0. The molecule has 0 aliphatic heterocycles. The lowest BCUT2D eigenvalue weighted by atomic mass is 9.99. The first-order valence-electron chi connectivity index (χ1n) is 3.74. The minimum absolute atomic E-state index is 0.0623. The highest BCUT2D eigenvalue weighted by atomic mass is 35.5. The number of rotatable bonds is 2. The Labute approximate surface area is 77.1 Å². The highest BCUT2D eigenvalue weighted by Gasteiger charge is 2.62. The molecule has 76 valence electrons. The van der Waals surface area contributed by atoms with E-state index in [1.54, 1.807) is 0 Å². The molecule has 0 saturated heterocycles. The molecule has 1 atom stereocenters. The first-order chi connectivity index (χ1) is 5.77. The Balaban J connectivity index is 2.86. The van der Waals surface area contributed by atoms with Gasteiger partial charge in [-0.05, 0) is 24.4 Å². The molecular weight excluding hydrogens is 212 g/mol. The summed E-state index contributed by atoms with van der Waals surface area (Å²) in [6, 6.07) is 0. The van der Waals surface area contributed by atoms with Crippen LogP contribution in [0.5, 0.6) is 0 Å². The Hall–Kier alpha value is -0.320. The second-order valence-corrected chi connectivity index (χ2v) is 3.51. The normalized spacial score (nSPS) is 25.3. The van der Waals surface area contributed by atoms with Gasteiger partial charge in [-0.1, -0.05) is 0 Å². The van der Waals surface area contributed by atoms with Crippen molar-refractivity contribution in [3.63, 3.8) is 0 Å². The number of carbonyl (C=O) groups is 1. The third-order valence-corrected chi connectivity index (χ3v) is 2.37. The number of hydrogen-bond donors (Lipinski definition) is 0. The maximum absolute atomic E-state index is 12.8. The molecule has 13 heavy (non-hydrogen) atoms. The lowest BCUT2D eigenvalue weighted by molar-refractivity contribution is -0.190. The highest BCUT2D eigenvalue weighted by molar-refractivity contribution is 6.22. The fraction of sp³-hybridized carbons (Fsp3) is 0.857. The number of carbonyl (C=O) groups excluding carboxylic acids is 1. The Morgan fingerprint density at radius 2 is 1.85 bits per heavy atom. The summed E-state index contributed by atoms with van der Waals surface area (Å²) in [5.74, 6) is -7.17. The SMILES string of the molecule is O=C1CCCC1C(F)(F)C(F)(F)Cl. The van der Waals surface area contributed by atoms with E-state index in [9.17, 15) is 22.4 Å². The van der Waals surface area contributed by atoms with Crippen molar-refractivity contribution in [2.45, 2.75) is 30.6 Å². The van der Waals surface area contributed by atoms with Gasteiger partial charge in [0.15, 0.2) is 0 Å². The average molecular weight is 219 g/mol. The quantitative estimate of drug-likeness (QED) is 0.515. The molecule has 0 radical (unpaired) electrons. The lowest BCUT2D eigenvalue weighted by Gasteiger charge is -2.25. The summed E-state index contributed by atoms with van der Waals surface area (Å²) < 4.78 is 49.9. The van der Waals surface area contributed by atoms with Crippen molar-refractivity contribution < 1.29 is 22.4 Å². The highest BCUT2D eigenvalue weighted by Crippen LogP contribution is 2.47. The third-order valence-electron chi connectivity index (χ3n) is 2.12. The van der Waals surface area contributed by atoms with E-state index in [0.717, 1.165) is 0 Å². The fourth-order valence-corrected chi connectivity index (χ4v) is 1.53. The van der Waals surface area contributed by atoms with Crippen LogP contribution in [0.15, 0.2) is 0 Å². The van der Waals surface area contributed by atoms with Gasteiger partial charge in [0.1, 0.15) is 5.78 Å². The van der Waals surface area contributed by atoms with E-state index in [0.29, 0.717) is 0 Å². The zero-order valence-electron chi connectivity index (χ0n) is 6.50. The number of alkyl halides is 5. The van der Waals surface area contributed by atoms with Crippen molar-refractivity contribution in [3.8, 4) is 0 Å². The molecule has 1 aliphatic carbocycles. The van der Waals surface area contributed by atoms with Gasteiger partial charge in [0, 0.05) is 6.42 Å². The van der Waals surface area contributed by atoms with Gasteiger partial charge in [-0.2, -0.15) is 17.6 Å². The van der Waals surface area contributed by atoms with Crippen molar-refractivity contribution in [2.75, 3.05) is 0 Å². The van der Waals surface area contributed by atoms with Crippen LogP contribution in [-0.4, -0.2) is 17.1 Å². The van der Waals surface area contributed by atoms with Gasteiger partial charge in [0.25, 0.3) is 0 Å². The monoisotopic (exact) mass is 218 g/mol. The molecule has 1 aliphatic rings. The predicted octanol–water partition coefficient (Wildman–Crippen LogP) is 2.82. The Morgan fingerprint density at radius 1 is 1.31 bits per heavy atom. The molecule has 0 heterocycles. The summed E-state index contributed by atoms with van der Waals surface area (Å²) in [6.45, 7) is 0. The van der Waals surface area contributed by atoms with Gasteiger partial charge >= 0.3 is 11.3 Å². The van der Waals surface area contributed by atoms with E-state index in [2.05, 4.69) is 11.6 Å². The Kier molecular flexibility index (Phi) is 2.58. The van der Waals surface area contributed by atoms with Gasteiger partial charge < -0.3 is 0 Å². The Bertz CT molecular complexity index is 223. The van der Waals surface area contributed by atoms with Gasteiger partial charge in [-0.3, -0.25) is 4.79 Å². The number of hydrogen-bond acceptors (Lipinski definition) is 1. The van der Waals surface area contributed by atoms with Crippen LogP contribution in [0, 0.1) is 5.92 Å². The smallest absolute Gasteiger partial charge is 0.299 e. The van der Waals surface area contributed by atoms with Crippen LogP contribution in [0.3, 0.4) is 0 Å². The van der Waals surface area contributed by atoms with Crippen LogP contribution < -0.4 is 0 Å². The summed E-state index contributed by atoms with van der Waals surface area (Å²) in [6.07, 6.45) is -0.0482. The molecule has 1 nitrogen and oxygen atoms in total. The number of ketones is 1.